The summed E-state index contributed by atoms with van der Waals surface area (Å²) in [5.41, 5.74) is 6.53. The fourth-order valence-corrected chi connectivity index (χ4v) is 1.41. The summed E-state index contributed by atoms with van der Waals surface area (Å²) in [5.74, 6) is 0. The Morgan fingerprint density at radius 1 is 1.36 bits per heavy atom. The van der Waals surface area contributed by atoms with Crippen molar-refractivity contribution in [3.05, 3.63) is 34.9 Å². The van der Waals surface area contributed by atoms with E-state index in [1.165, 1.54) is 0 Å². The molecule has 0 saturated carbocycles. The first-order chi connectivity index (χ1) is 6.59. The first-order valence-corrected chi connectivity index (χ1v) is 5.03. The fraction of sp³-hybridized carbons (Fsp3) is 0.455. The quantitative estimate of drug-likeness (QED) is 0.802. The molecule has 0 amide bonds. The molecule has 2 nitrogen and oxygen atoms in total. The van der Waals surface area contributed by atoms with Crippen LogP contribution in [0.1, 0.15) is 12.5 Å². The van der Waals surface area contributed by atoms with E-state index in [0.29, 0.717) is 6.54 Å². The molecule has 0 saturated heterocycles. The maximum absolute atomic E-state index is 9.20. The number of aliphatic hydroxyl groups is 1. The number of rotatable bonds is 4. The van der Waals surface area contributed by atoms with E-state index in [-0.39, 0.29) is 12.0 Å². The Morgan fingerprint density at radius 2 is 1.93 bits per heavy atom. The second-order valence-electron chi connectivity index (χ2n) is 3.98. The van der Waals surface area contributed by atoms with E-state index in [4.69, 9.17) is 17.3 Å². The van der Waals surface area contributed by atoms with Crippen LogP contribution >= 0.6 is 11.6 Å². The van der Waals surface area contributed by atoms with Crippen LogP contribution in [-0.4, -0.2) is 18.3 Å². The molecule has 0 radical (unpaired) electrons. The number of benzene rings is 1. The van der Waals surface area contributed by atoms with Gasteiger partial charge in [-0.25, -0.2) is 0 Å². The smallest absolute Gasteiger partial charge is 0.0500 e. The molecule has 0 aliphatic rings. The van der Waals surface area contributed by atoms with Gasteiger partial charge >= 0.3 is 0 Å². The molecule has 0 aliphatic carbocycles. The van der Waals surface area contributed by atoms with E-state index in [1.807, 2.05) is 31.2 Å². The third kappa shape index (κ3) is 2.98. The molecule has 0 aromatic heterocycles. The number of nitrogens with two attached hydrogens (primary N) is 1. The Bertz CT molecular complexity index is 280. The lowest BCUT2D eigenvalue weighted by atomic mass is 9.85. The first-order valence-electron chi connectivity index (χ1n) is 4.65. The normalized spacial score (nSPS) is 15.1. The van der Waals surface area contributed by atoms with Crippen LogP contribution in [0.2, 0.25) is 5.02 Å². The minimum absolute atomic E-state index is 0.103. The Labute approximate surface area is 89.7 Å². The predicted octanol–water partition coefficient (Wildman–Crippen LogP) is 1.84. The second-order valence-corrected chi connectivity index (χ2v) is 4.41. The molecule has 3 N–H and O–H groups in total. The third-order valence-corrected chi connectivity index (χ3v) is 2.67. The second kappa shape index (κ2) is 4.78. The van der Waals surface area contributed by atoms with Crippen molar-refractivity contribution in [1.29, 1.82) is 0 Å². The van der Waals surface area contributed by atoms with Crippen LogP contribution in [0.3, 0.4) is 0 Å². The highest BCUT2D eigenvalue weighted by Gasteiger charge is 2.21. The maximum atomic E-state index is 9.20. The lowest BCUT2D eigenvalue weighted by molar-refractivity contribution is 0.149. The van der Waals surface area contributed by atoms with Crippen LogP contribution in [0.5, 0.6) is 0 Å². The third-order valence-electron chi connectivity index (χ3n) is 2.42. The summed E-state index contributed by atoms with van der Waals surface area (Å²) in [6.45, 7) is 2.56. The van der Waals surface area contributed by atoms with Crippen molar-refractivity contribution in [1.82, 2.24) is 0 Å². The minimum Gasteiger partial charge on any atom is -0.396 e. The Balaban J connectivity index is 2.72. The van der Waals surface area contributed by atoms with Crippen molar-refractivity contribution in [2.75, 3.05) is 13.2 Å². The van der Waals surface area contributed by atoms with Crippen molar-refractivity contribution < 1.29 is 5.11 Å². The van der Waals surface area contributed by atoms with Gasteiger partial charge in [-0.05, 0) is 24.1 Å². The lowest BCUT2D eigenvalue weighted by Gasteiger charge is -2.25. The molecule has 78 valence electrons. The van der Waals surface area contributed by atoms with Gasteiger partial charge in [-0.2, -0.15) is 0 Å². The molecule has 1 rings (SSSR count). The largest absolute Gasteiger partial charge is 0.396 e. The van der Waals surface area contributed by atoms with E-state index in [0.717, 1.165) is 17.0 Å². The Hall–Kier alpha value is -0.570. The van der Waals surface area contributed by atoms with E-state index in [2.05, 4.69) is 0 Å². The van der Waals surface area contributed by atoms with Crippen LogP contribution in [0, 0.1) is 5.41 Å². The lowest BCUT2D eigenvalue weighted by Crippen LogP contribution is -2.33. The minimum atomic E-state index is -0.228. The molecule has 1 unspecified atom stereocenters. The van der Waals surface area contributed by atoms with E-state index < -0.39 is 0 Å². The zero-order valence-corrected chi connectivity index (χ0v) is 9.09. The average molecular weight is 214 g/mol. The Morgan fingerprint density at radius 3 is 2.36 bits per heavy atom. The van der Waals surface area contributed by atoms with Gasteiger partial charge in [0, 0.05) is 23.6 Å². The number of hydrogen-bond acceptors (Lipinski definition) is 2. The van der Waals surface area contributed by atoms with Gasteiger partial charge < -0.3 is 10.8 Å². The van der Waals surface area contributed by atoms with Crippen LogP contribution in [0.15, 0.2) is 24.3 Å². The summed E-state index contributed by atoms with van der Waals surface area (Å²) in [5, 5.41) is 9.92. The summed E-state index contributed by atoms with van der Waals surface area (Å²) in [4.78, 5) is 0. The number of aliphatic hydroxyl groups excluding tert-OH is 1. The van der Waals surface area contributed by atoms with E-state index >= 15 is 0 Å². The van der Waals surface area contributed by atoms with Crippen molar-refractivity contribution in [3.8, 4) is 0 Å². The van der Waals surface area contributed by atoms with Crippen LogP contribution in [0.25, 0.3) is 0 Å². The van der Waals surface area contributed by atoms with E-state index in [1.54, 1.807) is 0 Å². The molecule has 14 heavy (non-hydrogen) atoms. The SMILES string of the molecule is CC(CN)(CO)Cc1ccc(Cl)cc1. The highest BCUT2D eigenvalue weighted by atomic mass is 35.5. The van der Waals surface area contributed by atoms with Crippen LogP contribution < -0.4 is 5.73 Å². The molecule has 0 fully saturated rings. The first kappa shape index (κ1) is 11.5. The molecular weight excluding hydrogens is 198 g/mol. The van der Waals surface area contributed by atoms with Crippen molar-refractivity contribution in [2.24, 2.45) is 11.1 Å². The van der Waals surface area contributed by atoms with Gasteiger partial charge in [0.25, 0.3) is 0 Å². The standard InChI is InChI=1S/C11H16ClNO/c1-11(7-13,8-14)6-9-2-4-10(12)5-3-9/h2-5,14H,6-8,13H2,1H3. The zero-order valence-electron chi connectivity index (χ0n) is 8.33. The van der Waals surface area contributed by atoms with Crippen LogP contribution in [-0.2, 0) is 6.42 Å². The Kier molecular flexibility index (Phi) is 3.93. The van der Waals surface area contributed by atoms with Gasteiger partial charge in [-0.1, -0.05) is 30.7 Å². The number of hydrogen-bond donors (Lipinski definition) is 2. The summed E-state index contributed by atoms with van der Waals surface area (Å²) in [6.07, 6.45) is 0.775. The van der Waals surface area contributed by atoms with Crippen molar-refractivity contribution >= 4 is 11.6 Å². The summed E-state index contributed by atoms with van der Waals surface area (Å²) >= 11 is 5.78. The van der Waals surface area contributed by atoms with Gasteiger partial charge in [-0.3, -0.25) is 0 Å². The molecule has 1 aromatic rings. The van der Waals surface area contributed by atoms with Gasteiger partial charge in [0.2, 0.25) is 0 Å². The molecule has 1 atom stereocenters. The van der Waals surface area contributed by atoms with Gasteiger partial charge in [0.05, 0.1) is 0 Å². The van der Waals surface area contributed by atoms with Gasteiger partial charge in [0.15, 0.2) is 0 Å². The molecule has 0 heterocycles. The number of halogens is 1. The molecule has 0 spiro atoms. The van der Waals surface area contributed by atoms with Crippen LogP contribution in [0.4, 0.5) is 0 Å². The van der Waals surface area contributed by atoms with E-state index in [9.17, 15) is 5.11 Å². The van der Waals surface area contributed by atoms with Crippen molar-refractivity contribution in [3.63, 3.8) is 0 Å². The average Bonchev–Trinajstić information content (AvgIpc) is 2.21. The molecule has 0 aliphatic heterocycles. The molecule has 3 heteroatoms. The highest BCUT2D eigenvalue weighted by Crippen LogP contribution is 2.21. The monoisotopic (exact) mass is 213 g/mol. The summed E-state index contributed by atoms with van der Waals surface area (Å²) in [7, 11) is 0. The molecule has 0 bridgehead atoms. The van der Waals surface area contributed by atoms with Gasteiger partial charge in [-0.15, -0.1) is 0 Å². The summed E-state index contributed by atoms with van der Waals surface area (Å²) < 4.78 is 0. The molecule has 1 aromatic carbocycles. The summed E-state index contributed by atoms with van der Waals surface area (Å²) in [6, 6.07) is 7.63. The zero-order chi connectivity index (χ0) is 10.6. The van der Waals surface area contributed by atoms with Crippen molar-refractivity contribution in [2.45, 2.75) is 13.3 Å². The fourth-order valence-electron chi connectivity index (χ4n) is 1.29. The predicted molar refractivity (Wildman–Crippen MR) is 59.4 cm³/mol. The van der Waals surface area contributed by atoms with Gasteiger partial charge in [0.1, 0.15) is 0 Å². The maximum Gasteiger partial charge on any atom is 0.0500 e. The molecular formula is C11H16ClNO. The topological polar surface area (TPSA) is 46.2 Å². The highest BCUT2D eigenvalue weighted by molar-refractivity contribution is 6.30.